The Hall–Kier alpha value is -2.25. The molecular weight excluding hydrogens is 340 g/mol. The van der Waals surface area contributed by atoms with Gasteiger partial charge in [0.2, 0.25) is 0 Å². The van der Waals surface area contributed by atoms with Crippen LogP contribution < -0.4 is 11.5 Å². The van der Waals surface area contributed by atoms with Crippen molar-refractivity contribution in [3.63, 3.8) is 0 Å². The third-order valence-electron chi connectivity index (χ3n) is 3.22. The molecule has 0 aromatic heterocycles. The lowest BCUT2D eigenvalue weighted by atomic mass is 10.0. The van der Waals surface area contributed by atoms with E-state index in [4.69, 9.17) is 22.3 Å². The van der Waals surface area contributed by atoms with Gasteiger partial charge in [-0.2, -0.15) is 0 Å². The summed E-state index contributed by atoms with van der Waals surface area (Å²) in [7, 11) is 0. The molecule has 5 nitrogen and oxygen atoms in total. The molecule has 2 rings (SSSR count). The number of nitrogens with two attached hydrogens (primary N) is 2. The van der Waals surface area contributed by atoms with Crippen molar-refractivity contribution >= 4 is 39.6 Å². The quantitative estimate of drug-likeness (QED) is 0.359. The highest BCUT2D eigenvalue weighted by atomic mass is 32.2. The molecule has 24 heavy (non-hydrogen) atoms. The van der Waals surface area contributed by atoms with Gasteiger partial charge in [0.1, 0.15) is 0 Å². The van der Waals surface area contributed by atoms with Crippen LogP contribution in [0, 0.1) is 10.8 Å². The number of hydrogen-bond donors (Lipinski definition) is 4. The molecule has 0 saturated heterocycles. The Labute approximate surface area is 149 Å². The number of hydrogen-bond acceptors (Lipinski definition) is 5. The molecule has 0 fully saturated rings. The molecule has 0 aliphatic heterocycles. The van der Waals surface area contributed by atoms with Gasteiger partial charge in [-0.25, -0.2) is 0 Å². The van der Waals surface area contributed by atoms with Gasteiger partial charge in [-0.1, -0.05) is 72.1 Å². The fourth-order valence-corrected chi connectivity index (χ4v) is 3.02. The average Bonchev–Trinajstić information content (AvgIpc) is 2.58. The van der Waals surface area contributed by atoms with Crippen molar-refractivity contribution in [2.45, 2.75) is 11.5 Å². The summed E-state index contributed by atoms with van der Waals surface area (Å²) in [5, 5.41) is 14.6. The average molecular weight is 358 g/mol. The van der Waals surface area contributed by atoms with Crippen molar-refractivity contribution < 1.29 is 4.79 Å². The second-order valence-corrected chi connectivity index (χ2v) is 7.06. The molecule has 7 heteroatoms. The highest BCUT2D eigenvalue weighted by molar-refractivity contribution is 8.13. The molecule has 2 aromatic carbocycles. The molecule has 0 atom stereocenters. The molecule has 124 valence electrons. The summed E-state index contributed by atoms with van der Waals surface area (Å²) in [5.74, 6) is 1.20. The molecule has 0 bridgehead atoms. The van der Waals surface area contributed by atoms with Crippen molar-refractivity contribution in [3.05, 3.63) is 70.8 Å². The van der Waals surface area contributed by atoms with E-state index in [9.17, 15) is 4.79 Å². The molecule has 0 aliphatic carbocycles. The highest BCUT2D eigenvalue weighted by Crippen LogP contribution is 2.17. The molecule has 0 radical (unpaired) electrons. The highest BCUT2D eigenvalue weighted by Gasteiger charge is 2.09. The fourth-order valence-electron chi connectivity index (χ4n) is 1.99. The molecule has 0 amide bonds. The molecule has 0 saturated carbocycles. The third-order valence-corrected chi connectivity index (χ3v) is 4.80. The second kappa shape index (κ2) is 8.56. The van der Waals surface area contributed by atoms with Crippen LogP contribution in [0.3, 0.4) is 0 Å². The number of thioether (sulfide) groups is 2. The Balaban J connectivity index is 2.02. The molecule has 6 N–H and O–H groups in total. The van der Waals surface area contributed by atoms with Gasteiger partial charge in [0.25, 0.3) is 0 Å². The van der Waals surface area contributed by atoms with Gasteiger partial charge in [0.05, 0.1) is 0 Å². The Morgan fingerprint density at radius 2 is 1.08 bits per heavy atom. The summed E-state index contributed by atoms with van der Waals surface area (Å²) in [6.45, 7) is 0. The molecule has 0 aliphatic rings. The predicted octanol–water partition coefficient (Wildman–Crippen LogP) is 3.17. The van der Waals surface area contributed by atoms with Crippen LogP contribution in [0.5, 0.6) is 0 Å². The maximum absolute atomic E-state index is 12.5. The van der Waals surface area contributed by atoms with Crippen LogP contribution in [0.1, 0.15) is 27.0 Å². The molecule has 2 aromatic rings. The largest absolute Gasteiger partial charge is 0.379 e. The van der Waals surface area contributed by atoms with E-state index >= 15 is 0 Å². The van der Waals surface area contributed by atoms with E-state index < -0.39 is 0 Å². The van der Waals surface area contributed by atoms with Crippen molar-refractivity contribution in [2.24, 2.45) is 11.5 Å². The molecule has 0 heterocycles. The number of rotatable bonds is 6. The van der Waals surface area contributed by atoms with Crippen molar-refractivity contribution in [3.8, 4) is 0 Å². The van der Waals surface area contributed by atoms with Crippen LogP contribution >= 0.6 is 23.5 Å². The van der Waals surface area contributed by atoms with Crippen LogP contribution in [0.4, 0.5) is 0 Å². The number of ketones is 1. The number of amidine groups is 2. The maximum atomic E-state index is 12.5. The smallest absolute Gasteiger partial charge is 0.193 e. The lowest BCUT2D eigenvalue weighted by molar-refractivity contribution is 0.103. The van der Waals surface area contributed by atoms with Gasteiger partial charge in [-0.05, 0) is 11.1 Å². The second-order valence-electron chi connectivity index (χ2n) is 5.03. The van der Waals surface area contributed by atoms with Gasteiger partial charge >= 0.3 is 0 Å². The van der Waals surface area contributed by atoms with Crippen LogP contribution in [-0.4, -0.2) is 16.1 Å². The lowest BCUT2D eigenvalue weighted by Crippen LogP contribution is -2.05. The first-order valence-corrected chi connectivity index (χ1v) is 9.09. The summed E-state index contributed by atoms with van der Waals surface area (Å²) >= 11 is 2.51. The van der Waals surface area contributed by atoms with Crippen LogP contribution in [0.2, 0.25) is 0 Å². The monoisotopic (exact) mass is 358 g/mol. The molecule has 0 unspecified atom stereocenters. The minimum Gasteiger partial charge on any atom is -0.379 e. The van der Waals surface area contributed by atoms with E-state index in [2.05, 4.69) is 0 Å². The summed E-state index contributed by atoms with van der Waals surface area (Å²) in [4.78, 5) is 12.5. The third kappa shape index (κ3) is 5.43. The van der Waals surface area contributed by atoms with E-state index in [-0.39, 0.29) is 16.1 Å². The normalized spacial score (nSPS) is 10.3. The first-order valence-electron chi connectivity index (χ1n) is 7.12. The lowest BCUT2D eigenvalue weighted by Gasteiger charge is -2.05. The zero-order valence-corrected chi connectivity index (χ0v) is 14.5. The molecular formula is C17H18N4OS2. The zero-order valence-electron chi connectivity index (χ0n) is 12.9. The minimum absolute atomic E-state index is 0.0356. The van der Waals surface area contributed by atoms with E-state index in [1.807, 2.05) is 24.3 Å². The van der Waals surface area contributed by atoms with E-state index in [1.54, 1.807) is 24.3 Å². The van der Waals surface area contributed by atoms with Crippen molar-refractivity contribution in [2.75, 3.05) is 0 Å². The maximum Gasteiger partial charge on any atom is 0.193 e. The number of carbonyl (C=O) groups is 1. The Morgan fingerprint density at radius 1 is 0.750 bits per heavy atom. The standard InChI is InChI=1S/C17H18N4OS2/c18-16(19)23-9-11-1-5-13(6-2-11)15(22)14-7-3-12(4-8-14)10-24-17(20)21/h1-8H,9-10H2,(H3,18,19)(H3,20,21). The van der Waals surface area contributed by atoms with Gasteiger partial charge in [-0.3, -0.25) is 15.6 Å². The summed E-state index contributed by atoms with van der Waals surface area (Å²) < 4.78 is 0. The van der Waals surface area contributed by atoms with Crippen molar-refractivity contribution in [1.82, 2.24) is 0 Å². The van der Waals surface area contributed by atoms with Crippen LogP contribution in [0.25, 0.3) is 0 Å². The minimum atomic E-state index is -0.0356. The Bertz CT molecular complexity index is 679. The Kier molecular flexibility index (Phi) is 6.45. The van der Waals surface area contributed by atoms with Gasteiger partial charge in [0, 0.05) is 22.6 Å². The summed E-state index contributed by atoms with van der Waals surface area (Å²) in [5.41, 5.74) is 13.9. The first-order chi connectivity index (χ1) is 11.5. The molecule has 0 spiro atoms. The van der Waals surface area contributed by atoms with Gasteiger partial charge in [-0.15, -0.1) is 0 Å². The predicted molar refractivity (Wildman–Crippen MR) is 103 cm³/mol. The van der Waals surface area contributed by atoms with E-state index in [0.717, 1.165) is 11.1 Å². The Morgan fingerprint density at radius 3 is 1.38 bits per heavy atom. The summed E-state index contributed by atoms with van der Waals surface area (Å²) in [6, 6.07) is 14.7. The van der Waals surface area contributed by atoms with Crippen molar-refractivity contribution in [1.29, 1.82) is 10.8 Å². The fraction of sp³-hybridized carbons (Fsp3) is 0.118. The van der Waals surface area contributed by atoms with E-state index in [0.29, 0.717) is 22.6 Å². The van der Waals surface area contributed by atoms with Crippen LogP contribution in [-0.2, 0) is 11.5 Å². The van der Waals surface area contributed by atoms with E-state index in [1.165, 1.54) is 23.5 Å². The van der Waals surface area contributed by atoms with Gasteiger partial charge in [0.15, 0.2) is 16.1 Å². The zero-order chi connectivity index (χ0) is 17.5. The topological polar surface area (TPSA) is 117 Å². The SMILES string of the molecule is N=C(N)SCc1ccc(C(=O)c2ccc(CSC(=N)N)cc2)cc1. The summed E-state index contributed by atoms with van der Waals surface area (Å²) in [6.07, 6.45) is 0. The van der Waals surface area contributed by atoms with Crippen LogP contribution in [0.15, 0.2) is 48.5 Å². The number of carbonyl (C=O) groups excluding carboxylic acids is 1. The number of benzene rings is 2. The number of nitrogens with one attached hydrogen (secondary N) is 2. The first kappa shape index (κ1) is 18.1. The van der Waals surface area contributed by atoms with Gasteiger partial charge < -0.3 is 11.5 Å².